The minimum absolute atomic E-state index is 0.102. The standard InChI is InChI=1S/C39H52N2O10S3/c1-37(2,3)36(42)20-12-13-23-39(6)30-16-10-11-17-32(30)41(25-15-27-53(46,47)48)35(39)19-9-7-8-18-34-38(4,5)31-28-29(54(49,50)51)21-22-33(31)40(34)24-14-26-52(43,44)45/h7-11,16-19,21-22,28H,12-15,20,23-27H2,1-6H3,(H2-,43,44,45,46,47,48,49,50,51)/p+1. The molecule has 1 unspecified atom stereocenters. The first-order valence-electron chi connectivity index (χ1n) is 18.0. The second kappa shape index (κ2) is 16.3. The monoisotopic (exact) mass is 805 g/mol. The molecule has 0 bridgehead atoms. The highest BCUT2D eigenvalue weighted by Crippen LogP contribution is 2.51. The fourth-order valence-corrected chi connectivity index (χ4v) is 8.88. The van der Waals surface area contributed by atoms with E-state index in [-0.39, 0.29) is 35.8 Å². The summed E-state index contributed by atoms with van der Waals surface area (Å²) in [6.07, 6.45) is 12.4. The third-order valence-corrected chi connectivity index (χ3v) is 12.7. The number of allylic oxidation sites excluding steroid dienone is 6. The molecule has 2 aromatic rings. The molecule has 2 heterocycles. The lowest BCUT2D eigenvalue weighted by Crippen LogP contribution is -2.30. The van der Waals surface area contributed by atoms with Crippen LogP contribution in [0.3, 0.4) is 0 Å². The summed E-state index contributed by atoms with van der Waals surface area (Å²) in [5.41, 5.74) is 3.36. The molecule has 3 N–H and O–H groups in total. The highest BCUT2D eigenvalue weighted by atomic mass is 32.2. The van der Waals surface area contributed by atoms with Crippen molar-refractivity contribution in [2.45, 2.75) is 95.8 Å². The lowest BCUT2D eigenvalue weighted by atomic mass is 9.76. The summed E-state index contributed by atoms with van der Waals surface area (Å²) in [5, 5.41) is 0. The average Bonchev–Trinajstić information content (AvgIpc) is 3.40. The van der Waals surface area contributed by atoms with Crippen LogP contribution < -0.4 is 4.90 Å². The quantitative estimate of drug-likeness (QED) is 0.0660. The van der Waals surface area contributed by atoms with E-state index in [9.17, 15) is 43.7 Å². The van der Waals surface area contributed by atoms with Gasteiger partial charge in [-0.05, 0) is 69.9 Å². The molecule has 12 nitrogen and oxygen atoms in total. The zero-order valence-corrected chi connectivity index (χ0v) is 34.3. The zero-order valence-electron chi connectivity index (χ0n) is 31.8. The van der Waals surface area contributed by atoms with E-state index >= 15 is 0 Å². The number of hydrogen-bond acceptors (Lipinski definition) is 8. The van der Waals surface area contributed by atoms with Crippen LogP contribution in [0.15, 0.2) is 83.4 Å². The lowest BCUT2D eigenvalue weighted by molar-refractivity contribution is -0.437. The molecule has 0 aliphatic carbocycles. The van der Waals surface area contributed by atoms with E-state index in [1.165, 1.54) is 12.1 Å². The molecule has 1 atom stereocenters. The number of fused-ring (bicyclic) bond motifs is 2. The van der Waals surface area contributed by atoms with Gasteiger partial charge >= 0.3 is 0 Å². The number of hydrogen-bond donors (Lipinski definition) is 3. The molecule has 0 fully saturated rings. The van der Waals surface area contributed by atoms with Crippen LogP contribution in [0.25, 0.3) is 0 Å². The first kappa shape index (κ1) is 43.3. The summed E-state index contributed by atoms with van der Waals surface area (Å²) >= 11 is 0. The van der Waals surface area contributed by atoms with E-state index in [2.05, 4.69) is 17.9 Å². The molecule has 0 spiro atoms. The second-order valence-corrected chi connectivity index (χ2v) is 20.3. The fraction of sp³-hybridized carbons (Fsp3) is 0.487. The Hall–Kier alpha value is -3.47. The Morgan fingerprint density at radius 2 is 1.46 bits per heavy atom. The van der Waals surface area contributed by atoms with Gasteiger partial charge in [-0.15, -0.1) is 0 Å². The minimum atomic E-state index is -4.48. The summed E-state index contributed by atoms with van der Waals surface area (Å²) in [5.74, 6) is -0.632. The van der Waals surface area contributed by atoms with Gasteiger partial charge in [-0.1, -0.05) is 63.6 Å². The van der Waals surface area contributed by atoms with Crippen molar-refractivity contribution in [3.8, 4) is 0 Å². The maximum Gasteiger partial charge on any atom is 0.294 e. The molecule has 0 amide bonds. The summed E-state index contributed by atoms with van der Waals surface area (Å²) < 4.78 is 101. The van der Waals surface area contributed by atoms with Gasteiger partial charge in [0.1, 0.15) is 12.3 Å². The third-order valence-electron chi connectivity index (χ3n) is 10.3. The Kier molecular flexibility index (Phi) is 13.1. The molecule has 296 valence electrons. The van der Waals surface area contributed by atoms with Crippen molar-refractivity contribution in [3.05, 3.63) is 89.7 Å². The zero-order chi connectivity index (χ0) is 40.3. The van der Waals surface area contributed by atoms with Gasteiger partial charge < -0.3 is 4.90 Å². The molecular formula is C39H53N2O10S3+. The van der Waals surface area contributed by atoms with Crippen molar-refractivity contribution in [3.63, 3.8) is 0 Å². The molecule has 4 rings (SSSR count). The van der Waals surface area contributed by atoms with Crippen LogP contribution in [-0.4, -0.2) is 79.6 Å². The number of para-hydroxylation sites is 1. The third kappa shape index (κ3) is 10.4. The highest BCUT2D eigenvalue weighted by Gasteiger charge is 2.45. The Morgan fingerprint density at radius 3 is 2.09 bits per heavy atom. The van der Waals surface area contributed by atoms with Crippen LogP contribution >= 0.6 is 0 Å². The van der Waals surface area contributed by atoms with Gasteiger partial charge in [0.25, 0.3) is 30.4 Å². The summed E-state index contributed by atoms with van der Waals surface area (Å²) in [6, 6.07) is 12.2. The van der Waals surface area contributed by atoms with E-state index in [0.29, 0.717) is 24.2 Å². The van der Waals surface area contributed by atoms with E-state index in [4.69, 9.17) is 0 Å². The number of nitrogens with zero attached hydrogens (tertiary/aromatic N) is 2. The average molecular weight is 806 g/mol. The SMILES string of the molecule is CC(C)(C)C(=O)CCCCC1(C)\C(=C/C=C/C=C/C2=[N+](CCCS(=O)(=O)O)c3ccc(S(=O)(=O)O)cc3C2(C)C)N(CCCS(=O)(=O)O)c2ccccc21. The summed E-state index contributed by atoms with van der Waals surface area (Å²) in [6.45, 7) is 12.3. The maximum atomic E-state index is 12.6. The van der Waals surface area contributed by atoms with Crippen molar-refractivity contribution < 1.29 is 48.3 Å². The Labute approximate surface area is 320 Å². The van der Waals surface area contributed by atoms with Crippen molar-refractivity contribution in [2.75, 3.05) is 29.5 Å². The van der Waals surface area contributed by atoms with Crippen molar-refractivity contribution >= 4 is 53.2 Å². The van der Waals surface area contributed by atoms with Gasteiger partial charge in [-0.2, -0.15) is 29.8 Å². The second-order valence-electron chi connectivity index (χ2n) is 15.8. The lowest BCUT2D eigenvalue weighted by Gasteiger charge is -2.30. The van der Waals surface area contributed by atoms with Crippen LogP contribution in [0.1, 0.15) is 91.2 Å². The predicted octanol–water partition coefficient (Wildman–Crippen LogP) is 6.82. The van der Waals surface area contributed by atoms with E-state index < -0.39 is 52.4 Å². The van der Waals surface area contributed by atoms with Gasteiger partial charge in [0.15, 0.2) is 5.71 Å². The van der Waals surface area contributed by atoms with Gasteiger partial charge in [0, 0.05) is 59.3 Å². The molecule has 2 aromatic carbocycles. The van der Waals surface area contributed by atoms with Crippen LogP contribution in [-0.2, 0) is 46.0 Å². The first-order chi connectivity index (χ1) is 24.9. The predicted molar refractivity (Wildman–Crippen MR) is 212 cm³/mol. The molecule has 0 saturated carbocycles. The molecule has 2 aliphatic rings. The smallest absolute Gasteiger partial charge is 0.294 e. The van der Waals surface area contributed by atoms with Gasteiger partial charge in [0.2, 0.25) is 5.69 Å². The Balaban J connectivity index is 1.70. The molecular weight excluding hydrogens is 753 g/mol. The topological polar surface area (TPSA) is 186 Å². The number of anilines is 1. The number of carbonyl (C=O) groups excluding carboxylic acids is 1. The van der Waals surface area contributed by atoms with Crippen molar-refractivity contribution in [2.24, 2.45) is 5.41 Å². The Bertz CT molecular complexity index is 2210. The number of rotatable bonds is 17. The van der Waals surface area contributed by atoms with Gasteiger partial charge in [-0.25, -0.2) is 0 Å². The number of Topliss-reactive ketones (excluding diaryl/α,β-unsaturated/α-hetero) is 1. The highest BCUT2D eigenvalue weighted by molar-refractivity contribution is 7.86. The molecule has 54 heavy (non-hydrogen) atoms. The van der Waals surface area contributed by atoms with Crippen molar-refractivity contribution in [1.82, 2.24) is 0 Å². The summed E-state index contributed by atoms with van der Waals surface area (Å²) in [7, 11) is -12.8. The summed E-state index contributed by atoms with van der Waals surface area (Å²) in [4.78, 5) is 14.5. The van der Waals surface area contributed by atoms with Crippen molar-refractivity contribution in [1.29, 1.82) is 0 Å². The van der Waals surface area contributed by atoms with Crippen LogP contribution in [0, 0.1) is 5.41 Å². The number of carbonyl (C=O) groups is 1. The van der Waals surface area contributed by atoms with Gasteiger partial charge in [-0.3, -0.25) is 18.5 Å². The van der Waals surface area contributed by atoms with E-state index in [1.807, 2.05) is 87.8 Å². The Morgan fingerprint density at radius 1 is 0.815 bits per heavy atom. The van der Waals surface area contributed by atoms with Crippen LogP contribution in [0.2, 0.25) is 0 Å². The fourth-order valence-electron chi connectivity index (χ4n) is 7.38. The van der Waals surface area contributed by atoms with E-state index in [1.54, 1.807) is 6.07 Å². The maximum absolute atomic E-state index is 12.6. The van der Waals surface area contributed by atoms with E-state index in [0.717, 1.165) is 41.9 Å². The molecule has 0 radical (unpaired) electrons. The normalized spacial score (nSPS) is 19.7. The first-order valence-corrected chi connectivity index (χ1v) is 22.7. The molecule has 15 heteroatoms. The molecule has 0 aromatic heterocycles. The largest absolute Gasteiger partial charge is 0.344 e. The van der Waals surface area contributed by atoms with Crippen LogP contribution in [0.4, 0.5) is 11.4 Å². The number of unbranched alkanes of at least 4 members (excludes halogenated alkanes) is 1. The number of ketones is 1. The molecule has 2 aliphatic heterocycles. The molecule has 0 saturated heterocycles. The minimum Gasteiger partial charge on any atom is -0.344 e. The van der Waals surface area contributed by atoms with Crippen LogP contribution in [0.5, 0.6) is 0 Å². The number of benzene rings is 2. The van der Waals surface area contributed by atoms with Gasteiger partial charge in [0.05, 0.1) is 21.8 Å².